The van der Waals surface area contributed by atoms with Crippen molar-refractivity contribution in [3.63, 3.8) is 0 Å². The van der Waals surface area contributed by atoms with Gasteiger partial charge in [0.05, 0.1) is 22.7 Å². The van der Waals surface area contributed by atoms with Crippen LogP contribution < -0.4 is 0 Å². The van der Waals surface area contributed by atoms with E-state index in [9.17, 15) is 4.79 Å². The van der Waals surface area contributed by atoms with Crippen molar-refractivity contribution in [3.8, 4) is 0 Å². The average Bonchev–Trinajstić information content (AvgIpc) is 2.80. The normalized spacial score (nSPS) is 10.4. The standard InChI is InChI=1S/C12H9Cl2NO2S/c1-17-12(16)7-4-11(15-6-7)18-10-3-2-8(13)5-9(10)14/h2-6,15H,1H3. The number of H-pyrrole nitrogens is 1. The number of aromatic nitrogens is 1. The lowest BCUT2D eigenvalue weighted by Gasteiger charge is -2.02. The van der Waals surface area contributed by atoms with E-state index >= 15 is 0 Å². The monoisotopic (exact) mass is 301 g/mol. The predicted octanol–water partition coefficient (Wildman–Crippen LogP) is 4.26. The van der Waals surface area contributed by atoms with Crippen LogP contribution in [0.4, 0.5) is 0 Å². The molecule has 0 unspecified atom stereocenters. The number of ether oxygens (including phenoxy) is 1. The number of carbonyl (C=O) groups excluding carboxylic acids is 1. The van der Waals surface area contributed by atoms with Crippen LogP contribution in [-0.4, -0.2) is 18.1 Å². The van der Waals surface area contributed by atoms with Crippen LogP contribution in [0.15, 0.2) is 40.4 Å². The molecule has 0 aliphatic rings. The first kappa shape index (κ1) is 13.3. The minimum absolute atomic E-state index is 0.375. The van der Waals surface area contributed by atoms with Crippen molar-refractivity contribution in [1.29, 1.82) is 0 Å². The average molecular weight is 302 g/mol. The van der Waals surface area contributed by atoms with Crippen LogP contribution >= 0.6 is 35.0 Å². The molecule has 94 valence electrons. The van der Waals surface area contributed by atoms with Gasteiger partial charge in [0.25, 0.3) is 0 Å². The Morgan fingerprint density at radius 3 is 2.78 bits per heavy atom. The van der Waals surface area contributed by atoms with Crippen molar-refractivity contribution in [3.05, 3.63) is 46.1 Å². The Bertz CT molecular complexity index is 583. The van der Waals surface area contributed by atoms with E-state index in [4.69, 9.17) is 23.2 Å². The van der Waals surface area contributed by atoms with E-state index in [1.54, 1.807) is 24.4 Å². The second-order valence-corrected chi connectivity index (χ2v) is 5.35. The van der Waals surface area contributed by atoms with E-state index in [1.165, 1.54) is 18.9 Å². The molecule has 0 spiro atoms. The molecule has 0 bridgehead atoms. The van der Waals surface area contributed by atoms with Crippen molar-refractivity contribution in [2.45, 2.75) is 9.92 Å². The first-order valence-corrected chi connectivity index (χ1v) is 6.57. The minimum atomic E-state index is -0.375. The molecule has 3 nitrogen and oxygen atoms in total. The van der Waals surface area contributed by atoms with Gasteiger partial charge in [0.15, 0.2) is 0 Å². The van der Waals surface area contributed by atoms with Crippen LogP contribution in [0.3, 0.4) is 0 Å². The third-order valence-corrected chi connectivity index (χ3v) is 3.88. The van der Waals surface area contributed by atoms with Crippen LogP contribution in [0.2, 0.25) is 10.0 Å². The Hall–Kier alpha value is -1.10. The predicted molar refractivity (Wildman–Crippen MR) is 72.7 cm³/mol. The molecule has 1 heterocycles. The van der Waals surface area contributed by atoms with Gasteiger partial charge in [-0.15, -0.1) is 0 Å². The van der Waals surface area contributed by atoms with Gasteiger partial charge in [0.1, 0.15) is 0 Å². The molecule has 0 radical (unpaired) electrons. The zero-order valence-electron chi connectivity index (χ0n) is 9.37. The fourth-order valence-corrected chi connectivity index (χ4v) is 2.70. The largest absolute Gasteiger partial charge is 0.465 e. The Morgan fingerprint density at radius 1 is 1.33 bits per heavy atom. The van der Waals surface area contributed by atoms with E-state index in [-0.39, 0.29) is 5.97 Å². The fourth-order valence-electron chi connectivity index (χ4n) is 1.34. The van der Waals surface area contributed by atoms with Gasteiger partial charge >= 0.3 is 5.97 Å². The van der Waals surface area contributed by atoms with Crippen molar-refractivity contribution in [2.75, 3.05) is 7.11 Å². The first-order chi connectivity index (χ1) is 8.60. The Kier molecular flexibility index (Phi) is 4.22. The van der Waals surface area contributed by atoms with Crippen molar-refractivity contribution >= 4 is 40.9 Å². The fraction of sp³-hybridized carbons (Fsp3) is 0.0833. The molecule has 18 heavy (non-hydrogen) atoms. The molecule has 0 atom stereocenters. The zero-order valence-corrected chi connectivity index (χ0v) is 11.7. The van der Waals surface area contributed by atoms with Gasteiger partial charge in [-0.25, -0.2) is 4.79 Å². The van der Waals surface area contributed by atoms with Gasteiger partial charge in [0, 0.05) is 16.1 Å². The summed E-state index contributed by atoms with van der Waals surface area (Å²) in [6.07, 6.45) is 1.60. The molecule has 0 saturated carbocycles. The maximum Gasteiger partial charge on any atom is 0.339 e. The maximum atomic E-state index is 11.3. The van der Waals surface area contributed by atoms with Gasteiger partial charge in [0.2, 0.25) is 0 Å². The number of hydrogen-bond donors (Lipinski definition) is 1. The van der Waals surface area contributed by atoms with E-state index in [0.717, 1.165) is 9.92 Å². The zero-order chi connectivity index (χ0) is 13.1. The van der Waals surface area contributed by atoms with E-state index < -0.39 is 0 Å². The van der Waals surface area contributed by atoms with Gasteiger partial charge in [-0.3, -0.25) is 0 Å². The summed E-state index contributed by atoms with van der Waals surface area (Å²) < 4.78 is 4.63. The van der Waals surface area contributed by atoms with Crippen LogP contribution in [-0.2, 0) is 4.74 Å². The van der Waals surface area contributed by atoms with Crippen LogP contribution in [0.5, 0.6) is 0 Å². The maximum absolute atomic E-state index is 11.3. The van der Waals surface area contributed by atoms with E-state index in [2.05, 4.69) is 9.72 Å². The molecule has 0 aliphatic carbocycles. The number of nitrogens with one attached hydrogen (secondary N) is 1. The van der Waals surface area contributed by atoms with Crippen LogP contribution in [0.1, 0.15) is 10.4 Å². The molecule has 0 aliphatic heterocycles. The van der Waals surface area contributed by atoms with Gasteiger partial charge < -0.3 is 9.72 Å². The highest BCUT2D eigenvalue weighted by Gasteiger charge is 2.10. The highest BCUT2D eigenvalue weighted by atomic mass is 35.5. The smallest absolute Gasteiger partial charge is 0.339 e. The molecule has 1 N–H and O–H groups in total. The highest BCUT2D eigenvalue weighted by Crippen LogP contribution is 2.34. The number of benzene rings is 1. The second-order valence-electron chi connectivity index (χ2n) is 3.42. The summed E-state index contributed by atoms with van der Waals surface area (Å²) in [5.74, 6) is -0.375. The number of aromatic amines is 1. The molecule has 2 aromatic rings. The summed E-state index contributed by atoms with van der Waals surface area (Å²) in [4.78, 5) is 15.1. The van der Waals surface area contributed by atoms with Crippen molar-refractivity contribution in [1.82, 2.24) is 4.98 Å². The summed E-state index contributed by atoms with van der Waals surface area (Å²) in [6.45, 7) is 0. The third-order valence-electron chi connectivity index (χ3n) is 2.19. The summed E-state index contributed by atoms with van der Waals surface area (Å²) >= 11 is 13.3. The molecule has 0 fully saturated rings. The molecule has 1 aromatic carbocycles. The molecular formula is C12H9Cl2NO2S. The number of hydrogen-bond acceptors (Lipinski definition) is 3. The third kappa shape index (κ3) is 3.02. The van der Waals surface area contributed by atoms with Crippen LogP contribution in [0.25, 0.3) is 0 Å². The van der Waals surface area contributed by atoms with Gasteiger partial charge in [-0.05, 0) is 24.3 Å². The quantitative estimate of drug-likeness (QED) is 0.861. The Morgan fingerprint density at radius 2 is 2.11 bits per heavy atom. The van der Waals surface area contributed by atoms with E-state index in [1.807, 2.05) is 6.07 Å². The van der Waals surface area contributed by atoms with Gasteiger partial charge in [-0.1, -0.05) is 35.0 Å². The molecule has 0 saturated heterocycles. The second kappa shape index (κ2) is 5.69. The van der Waals surface area contributed by atoms with Crippen molar-refractivity contribution < 1.29 is 9.53 Å². The number of esters is 1. The highest BCUT2D eigenvalue weighted by molar-refractivity contribution is 7.99. The Labute approximate surface area is 118 Å². The van der Waals surface area contributed by atoms with Crippen molar-refractivity contribution in [2.24, 2.45) is 0 Å². The summed E-state index contributed by atoms with van der Waals surface area (Å²) in [5, 5.41) is 1.97. The number of halogens is 2. The molecule has 1 aromatic heterocycles. The van der Waals surface area contributed by atoms with Gasteiger partial charge in [-0.2, -0.15) is 0 Å². The summed E-state index contributed by atoms with van der Waals surface area (Å²) in [6, 6.07) is 6.98. The topological polar surface area (TPSA) is 42.1 Å². The lowest BCUT2D eigenvalue weighted by Crippen LogP contribution is -1.98. The lowest BCUT2D eigenvalue weighted by atomic mass is 10.3. The lowest BCUT2D eigenvalue weighted by molar-refractivity contribution is 0.0601. The van der Waals surface area contributed by atoms with E-state index in [0.29, 0.717) is 15.6 Å². The minimum Gasteiger partial charge on any atom is -0.465 e. The molecule has 2 rings (SSSR count). The molecule has 6 heteroatoms. The first-order valence-electron chi connectivity index (χ1n) is 5.00. The number of rotatable bonds is 3. The molecule has 0 amide bonds. The SMILES string of the molecule is COC(=O)c1c[nH]c(Sc2ccc(Cl)cc2Cl)c1. The number of carbonyl (C=O) groups is 1. The summed E-state index contributed by atoms with van der Waals surface area (Å²) in [5.41, 5.74) is 0.477. The van der Waals surface area contributed by atoms with Crippen LogP contribution in [0, 0.1) is 0 Å². The summed E-state index contributed by atoms with van der Waals surface area (Å²) in [7, 11) is 1.35. The number of methoxy groups -OCH3 is 1. The Balaban J connectivity index is 2.18. The molecular weight excluding hydrogens is 293 g/mol.